The quantitative estimate of drug-likeness (QED) is 0.273. The van der Waals surface area contributed by atoms with Crippen molar-refractivity contribution in [2.24, 2.45) is 5.92 Å². The molecule has 1 atom stereocenters. The molecule has 0 saturated heterocycles. The first-order valence-electron chi connectivity index (χ1n) is 10.0. The van der Waals surface area contributed by atoms with Crippen molar-refractivity contribution in [3.63, 3.8) is 0 Å². The molecule has 0 aliphatic heterocycles. The van der Waals surface area contributed by atoms with Gasteiger partial charge >= 0.3 is 0 Å². The fourth-order valence-corrected chi connectivity index (χ4v) is 9.27. The van der Waals surface area contributed by atoms with E-state index in [9.17, 15) is 0 Å². The molecule has 0 aliphatic carbocycles. The first-order valence-corrected chi connectivity index (χ1v) is 12.6. The molecule has 0 N–H and O–H groups in total. The van der Waals surface area contributed by atoms with Crippen molar-refractivity contribution in [2.75, 3.05) is 24.6 Å². The Bertz CT molecular complexity index is 190. The summed E-state index contributed by atoms with van der Waals surface area (Å²) < 4.78 is 0. The van der Waals surface area contributed by atoms with Crippen LogP contribution in [0.3, 0.4) is 0 Å². The molecule has 0 fully saturated rings. The van der Waals surface area contributed by atoms with Crippen LogP contribution in [0.4, 0.5) is 0 Å². The number of hydrogen-bond donors (Lipinski definition) is 0. The molecule has 0 heterocycles. The molecule has 0 saturated carbocycles. The summed E-state index contributed by atoms with van der Waals surface area (Å²) in [7, 11) is -0.659. The molecule has 1 unspecified atom stereocenters. The van der Waals surface area contributed by atoms with Gasteiger partial charge in [-0.15, -0.1) is 0 Å². The molecule has 128 valence electrons. The highest BCUT2D eigenvalue weighted by atomic mass is 31.2. The van der Waals surface area contributed by atoms with Crippen molar-refractivity contribution in [3.05, 3.63) is 0 Å². The highest BCUT2D eigenvalue weighted by Crippen LogP contribution is 2.62. The van der Waals surface area contributed by atoms with Gasteiger partial charge in [-0.2, -0.15) is 0 Å². The standard InChI is InChI=1S/C20H44P/c1-6-11-15-20(10-5)19-21(16-12-7-2,17-13-8-3)18-14-9-4/h20H,6-19H2,1-5H3/q+1. The summed E-state index contributed by atoms with van der Waals surface area (Å²) in [6.07, 6.45) is 20.8. The summed E-state index contributed by atoms with van der Waals surface area (Å²) in [6, 6.07) is 0. The second kappa shape index (κ2) is 14.0. The maximum absolute atomic E-state index is 2.44. The fourth-order valence-electron chi connectivity index (χ4n) is 3.55. The highest BCUT2D eigenvalue weighted by Gasteiger charge is 2.37. The van der Waals surface area contributed by atoms with Gasteiger partial charge in [-0.1, -0.05) is 66.7 Å². The van der Waals surface area contributed by atoms with Crippen molar-refractivity contribution in [3.8, 4) is 0 Å². The lowest BCUT2D eigenvalue weighted by molar-refractivity contribution is 0.494. The first-order chi connectivity index (χ1) is 10.2. The zero-order chi connectivity index (χ0) is 16.0. The average molecular weight is 316 g/mol. The van der Waals surface area contributed by atoms with Crippen LogP contribution < -0.4 is 0 Å². The van der Waals surface area contributed by atoms with Crippen molar-refractivity contribution in [2.45, 2.75) is 98.8 Å². The van der Waals surface area contributed by atoms with Gasteiger partial charge in [0, 0.05) is 7.26 Å². The minimum absolute atomic E-state index is 0.659. The molecule has 0 spiro atoms. The third-order valence-corrected chi connectivity index (χ3v) is 10.2. The molecule has 1 heteroatoms. The van der Waals surface area contributed by atoms with Crippen LogP contribution in [0.25, 0.3) is 0 Å². The van der Waals surface area contributed by atoms with Crippen molar-refractivity contribution in [1.29, 1.82) is 0 Å². The SMILES string of the molecule is CCCCC(CC)C[P+](CCCC)(CCCC)CCCC. The van der Waals surface area contributed by atoms with Gasteiger partial charge in [-0.3, -0.25) is 0 Å². The summed E-state index contributed by atoms with van der Waals surface area (Å²) in [4.78, 5) is 0. The maximum atomic E-state index is 2.44. The number of rotatable bonds is 15. The molecule has 21 heavy (non-hydrogen) atoms. The number of hydrogen-bond acceptors (Lipinski definition) is 0. The van der Waals surface area contributed by atoms with E-state index in [4.69, 9.17) is 0 Å². The molecule has 0 bridgehead atoms. The molecule has 0 aromatic heterocycles. The molecule has 0 aromatic carbocycles. The first kappa shape index (κ1) is 21.4. The van der Waals surface area contributed by atoms with Crippen LogP contribution in [0.1, 0.15) is 98.8 Å². The molecular weight excluding hydrogens is 271 g/mol. The third kappa shape index (κ3) is 9.93. The van der Waals surface area contributed by atoms with Gasteiger partial charge in [0.25, 0.3) is 0 Å². The minimum atomic E-state index is -0.659. The van der Waals surface area contributed by atoms with Gasteiger partial charge in [0.15, 0.2) is 0 Å². The Morgan fingerprint density at radius 3 is 1.38 bits per heavy atom. The Hall–Kier alpha value is 0.430. The van der Waals surface area contributed by atoms with Gasteiger partial charge in [-0.25, -0.2) is 0 Å². The second-order valence-electron chi connectivity index (χ2n) is 7.17. The van der Waals surface area contributed by atoms with Crippen molar-refractivity contribution >= 4 is 7.26 Å². The highest BCUT2D eigenvalue weighted by molar-refractivity contribution is 7.75. The van der Waals surface area contributed by atoms with E-state index in [0.717, 1.165) is 5.92 Å². The maximum Gasteiger partial charge on any atom is 0.0622 e. The van der Waals surface area contributed by atoms with Crippen LogP contribution in [0.5, 0.6) is 0 Å². The lowest BCUT2D eigenvalue weighted by Crippen LogP contribution is -2.18. The summed E-state index contributed by atoms with van der Waals surface area (Å²) in [5.41, 5.74) is 0. The van der Waals surface area contributed by atoms with Crippen LogP contribution in [-0.2, 0) is 0 Å². The molecule has 0 radical (unpaired) electrons. The fraction of sp³-hybridized carbons (Fsp3) is 1.00. The van der Waals surface area contributed by atoms with E-state index in [-0.39, 0.29) is 0 Å². The lowest BCUT2D eigenvalue weighted by Gasteiger charge is -2.31. The molecule has 0 rings (SSSR count). The summed E-state index contributed by atoms with van der Waals surface area (Å²) in [5, 5.41) is 0. The molecule has 0 amide bonds. The minimum Gasteiger partial charge on any atom is -0.0654 e. The van der Waals surface area contributed by atoms with Crippen LogP contribution in [0, 0.1) is 5.92 Å². The van der Waals surface area contributed by atoms with E-state index in [0.29, 0.717) is 0 Å². The van der Waals surface area contributed by atoms with Gasteiger partial charge in [0.1, 0.15) is 0 Å². The van der Waals surface area contributed by atoms with Crippen LogP contribution in [-0.4, -0.2) is 24.6 Å². The Balaban J connectivity index is 4.81. The molecule has 0 aromatic rings. The Morgan fingerprint density at radius 1 is 0.619 bits per heavy atom. The second-order valence-corrected chi connectivity index (χ2v) is 11.6. The van der Waals surface area contributed by atoms with Crippen LogP contribution >= 0.6 is 7.26 Å². The van der Waals surface area contributed by atoms with E-state index >= 15 is 0 Å². The van der Waals surface area contributed by atoms with Crippen molar-refractivity contribution < 1.29 is 0 Å². The summed E-state index contributed by atoms with van der Waals surface area (Å²) >= 11 is 0. The predicted molar refractivity (Wildman–Crippen MR) is 104 cm³/mol. The summed E-state index contributed by atoms with van der Waals surface area (Å²) in [6.45, 7) is 11.9. The Labute approximate surface area is 137 Å². The van der Waals surface area contributed by atoms with Gasteiger partial charge in [0.05, 0.1) is 24.6 Å². The zero-order valence-electron chi connectivity index (χ0n) is 15.9. The predicted octanol–water partition coefficient (Wildman–Crippen LogP) is 7.62. The normalized spacial score (nSPS) is 13.6. The summed E-state index contributed by atoms with van der Waals surface area (Å²) in [5.74, 6) is 1.03. The van der Waals surface area contributed by atoms with E-state index in [1.54, 1.807) is 24.6 Å². The Morgan fingerprint density at radius 2 is 1.05 bits per heavy atom. The Kier molecular flexibility index (Phi) is 14.3. The van der Waals surface area contributed by atoms with E-state index in [1.807, 2.05) is 0 Å². The van der Waals surface area contributed by atoms with Gasteiger partial charge in [0.2, 0.25) is 0 Å². The molecule has 0 aliphatic rings. The van der Waals surface area contributed by atoms with Gasteiger partial charge < -0.3 is 0 Å². The molecule has 0 nitrogen and oxygen atoms in total. The zero-order valence-corrected chi connectivity index (χ0v) is 16.8. The van der Waals surface area contributed by atoms with E-state index in [2.05, 4.69) is 34.6 Å². The van der Waals surface area contributed by atoms with Gasteiger partial charge in [-0.05, 0) is 38.0 Å². The van der Waals surface area contributed by atoms with Crippen LogP contribution in [0.15, 0.2) is 0 Å². The topological polar surface area (TPSA) is 0 Å². The third-order valence-electron chi connectivity index (χ3n) is 5.15. The average Bonchev–Trinajstić information content (AvgIpc) is 2.52. The van der Waals surface area contributed by atoms with E-state index < -0.39 is 7.26 Å². The van der Waals surface area contributed by atoms with E-state index in [1.165, 1.54) is 64.2 Å². The number of unbranched alkanes of at least 4 members (excludes halogenated alkanes) is 4. The smallest absolute Gasteiger partial charge is 0.0622 e. The molecular formula is C20H44P+. The van der Waals surface area contributed by atoms with Crippen molar-refractivity contribution in [1.82, 2.24) is 0 Å². The monoisotopic (exact) mass is 315 g/mol. The van der Waals surface area contributed by atoms with Crippen LogP contribution in [0.2, 0.25) is 0 Å². The lowest BCUT2D eigenvalue weighted by atomic mass is 10.0. The largest absolute Gasteiger partial charge is 0.0654 e.